The van der Waals surface area contributed by atoms with E-state index in [1.165, 1.54) is 0 Å². The Morgan fingerprint density at radius 1 is 0.880 bits per heavy atom. The van der Waals surface area contributed by atoms with Crippen molar-refractivity contribution >= 4 is 20.8 Å². The molecule has 0 amide bonds. The van der Waals surface area contributed by atoms with Gasteiger partial charge < -0.3 is 9.47 Å². The summed E-state index contributed by atoms with van der Waals surface area (Å²) in [6, 6.07) is 18.0. The first-order valence-corrected chi connectivity index (χ1v) is 9.21. The minimum absolute atomic E-state index is 0.107. The fourth-order valence-corrected chi connectivity index (χ4v) is 3.65. The zero-order chi connectivity index (χ0) is 17.9. The zero-order valence-corrected chi connectivity index (χ0v) is 14.8. The van der Waals surface area contributed by atoms with Gasteiger partial charge in [0.15, 0.2) is 0 Å². The van der Waals surface area contributed by atoms with Crippen molar-refractivity contribution in [3.8, 4) is 11.5 Å². The molecule has 0 aromatic heterocycles. The molecule has 0 spiro atoms. The molecule has 0 atom stereocenters. The quantitative estimate of drug-likeness (QED) is 0.735. The van der Waals surface area contributed by atoms with E-state index in [9.17, 15) is 8.42 Å². The molecule has 130 valence electrons. The Bertz CT molecular complexity index is 999. The summed E-state index contributed by atoms with van der Waals surface area (Å²) < 4.78 is 38.3. The average Bonchev–Trinajstić information content (AvgIpc) is 2.65. The number of fused-ring (bicyclic) bond motifs is 1. The van der Waals surface area contributed by atoms with E-state index in [-0.39, 0.29) is 11.4 Å². The molecule has 5 nitrogen and oxygen atoms in total. The number of nitrogens with one attached hydrogen (secondary N) is 1. The van der Waals surface area contributed by atoms with Gasteiger partial charge in [0, 0.05) is 12.1 Å². The van der Waals surface area contributed by atoms with Crippen LogP contribution in [0.5, 0.6) is 11.5 Å². The van der Waals surface area contributed by atoms with Gasteiger partial charge in [0.1, 0.15) is 11.5 Å². The van der Waals surface area contributed by atoms with Crippen molar-refractivity contribution in [1.82, 2.24) is 4.72 Å². The predicted molar refractivity (Wildman–Crippen MR) is 97.5 cm³/mol. The number of ether oxygens (including phenoxy) is 2. The summed E-state index contributed by atoms with van der Waals surface area (Å²) in [5.74, 6) is 1.24. The van der Waals surface area contributed by atoms with Crippen LogP contribution in [0.15, 0.2) is 65.6 Å². The van der Waals surface area contributed by atoms with Crippen molar-refractivity contribution in [2.75, 3.05) is 14.2 Å². The molecule has 1 N–H and O–H groups in total. The van der Waals surface area contributed by atoms with Crippen LogP contribution in [0.25, 0.3) is 10.8 Å². The molecule has 3 rings (SSSR count). The van der Waals surface area contributed by atoms with Crippen molar-refractivity contribution in [3.63, 3.8) is 0 Å². The molecule has 0 saturated heterocycles. The van der Waals surface area contributed by atoms with E-state index in [0.717, 1.165) is 10.8 Å². The molecule has 3 aromatic rings. The summed E-state index contributed by atoms with van der Waals surface area (Å²) in [6.07, 6.45) is 0. The first-order valence-electron chi connectivity index (χ1n) is 7.73. The molecule has 0 fully saturated rings. The van der Waals surface area contributed by atoms with E-state index in [1.54, 1.807) is 50.6 Å². The number of hydrogen-bond donors (Lipinski definition) is 1. The van der Waals surface area contributed by atoms with E-state index in [2.05, 4.69) is 4.72 Å². The second-order valence-corrected chi connectivity index (χ2v) is 7.28. The molecule has 0 aliphatic rings. The van der Waals surface area contributed by atoms with Crippen molar-refractivity contribution < 1.29 is 17.9 Å². The Morgan fingerprint density at radius 3 is 2.36 bits per heavy atom. The van der Waals surface area contributed by atoms with Crippen molar-refractivity contribution in [1.29, 1.82) is 0 Å². The molecule has 0 radical (unpaired) electrons. The fraction of sp³-hybridized carbons (Fsp3) is 0.158. The van der Waals surface area contributed by atoms with Gasteiger partial charge in [-0.2, -0.15) is 0 Å². The van der Waals surface area contributed by atoms with Crippen LogP contribution in [-0.4, -0.2) is 22.6 Å². The highest BCUT2D eigenvalue weighted by molar-refractivity contribution is 7.89. The average molecular weight is 357 g/mol. The standard InChI is InChI=1S/C19H19NO4S/c1-23-17-8-10-19(24-2)16(11-17)13-20-25(21,22)18-9-7-14-5-3-4-6-15(14)12-18/h3-12,20H,13H2,1-2H3. The van der Waals surface area contributed by atoms with Gasteiger partial charge in [-0.05, 0) is 41.1 Å². The molecular formula is C19H19NO4S. The lowest BCUT2D eigenvalue weighted by molar-refractivity contribution is 0.398. The highest BCUT2D eigenvalue weighted by Crippen LogP contribution is 2.25. The van der Waals surface area contributed by atoms with Gasteiger partial charge in [0.25, 0.3) is 0 Å². The molecule has 3 aromatic carbocycles. The number of sulfonamides is 1. The van der Waals surface area contributed by atoms with E-state index in [1.807, 2.05) is 24.3 Å². The Hall–Kier alpha value is -2.57. The Morgan fingerprint density at radius 2 is 1.64 bits per heavy atom. The maximum absolute atomic E-state index is 12.6. The third-order valence-electron chi connectivity index (χ3n) is 3.97. The number of hydrogen-bond acceptors (Lipinski definition) is 4. The topological polar surface area (TPSA) is 64.6 Å². The highest BCUT2D eigenvalue weighted by Gasteiger charge is 2.16. The summed E-state index contributed by atoms with van der Waals surface area (Å²) in [5.41, 5.74) is 0.700. The van der Waals surface area contributed by atoms with Gasteiger partial charge in [-0.1, -0.05) is 30.3 Å². The molecular weight excluding hydrogens is 338 g/mol. The van der Waals surface area contributed by atoms with Crippen LogP contribution < -0.4 is 14.2 Å². The summed E-state index contributed by atoms with van der Waals surface area (Å²) in [7, 11) is -0.536. The Kier molecular flexibility index (Phi) is 4.92. The lowest BCUT2D eigenvalue weighted by Gasteiger charge is -2.12. The first kappa shape index (κ1) is 17.3. The lowest BCUT2D eigenvalue weighted by Crippen LogP contribution is -2.23. The summed E-state index contributed by atoms with van der Waals surface area (Å²) in [5, 5.41) is 1.88. The smallest absolute Gasteiger partial charge is 0.240 e. The van der Waals surface area contributed by atoms with Crippen LogP contribution in [0.4, 0.5) is 0 Å². The van der Waals surface area contributed by atoms with Crippen LogP contribution in [0.2, 0.25) is 0 Å². The third kappa shape index (κ3) is 3.75. The SMILES string of the molecule is COc1ccc(OC)c(CNS(=O)(=O)c2ccc3ccccc3c2)c1. The highest BCUT2D eigenvalue weighted by atomic mass is 32.2. The molecule has 0 saturated carbocycles. The predicted octanol–water partition coefficient (Wildman–Crippen LogP) is 3.34. The van der Waals surface area contributed by atoms with Gasteiger partial charge in [0.05, 0.1) is 19.1 Å². The largest absolute Gasteiger partial charge is 0.497 e. The lowest BCUT2D eigenvalue weighted by atomic mass is 10.1. The maximum atomic E-state index is 12.6. The number of methoxy groups -OCH3 is 2. The second-order valence-electron chi connectivity index (χ2n) is 5.51. The molecule has 0 aliphatic carbocycles. The molecule has 25 heavy (non-hydrogen) atoms. The summed E-state index contributed by atoms with van der Waals surface area (Å²) in [6.45, 7) is 0.107. The number of benzene rings is 3. The van der Waals surface area contributed by atoms with Gasteiger partial charge in [-0.25, -0.2) is 13.1 Å². The van der Waals surface area contributed by atoms with Crippen LogP contribution in [-0.2, 0) is 16.6 Å². The molecule has 0 heterocycles. The van der Waals surface area contributed by atoms with Gasteiger partial charge in [-0.15, -0.1) is 0 Å². The molecule has 0 aliphatic heterocycles. The maximum Gasteiger partial charge on any atom is 0.240 e. The number of rotatable bonds is 6. The van der Waals surface area contributed by atoms with Gasteiger partial charge >= 0.3 is 0 Å². The second kappa shape index (κ2) is 7.13. The fourth-order valence-electron chi connectivity index (χ4n) is 2.61. The molecule has 6 heteroatoms. The van der Waals surface area contributed by atoms with E-state index < -0.39 is 10.0 Å². The third-order valence-corrected chi connectivity index (χ3v) is 5.37. The van der Waals surface area contributed by atoms with Crippen molar-refractivity contribution in [3.05, 3.63) is 66.2 Å². The Balaban J connectivity index is 1.86. The first-order chi connectivity index (χ1) is 12.0. The Labute approximate surface area is 147 Å². The van der Waals surface area contributed by atoms with E-state index >= 15 is 0 Å². The van der Waals surface area contributed by atoms with E-state index in [0.29, 0.717) is 17.1 Å². The van der Waals surface area contributed by atoms with Crippen LogP contribution in [0.3, 0.4) is 0 Å². The molecule has 0 bridgehead atoms. The van der Waals surface area contributed by atoms with Crippen LogP contribution >= 0.6 is 0 Å². The van der Waals surface area contributed by atoms with Crippen LogP contribution in [0.1, 0.15) is 5.56 Å². The summed E-state index contributed by atoms with van der Waals surface area (Å²) in [4.78, 5) is 0.230. The summed E-state index contributed by atoms with van der Waals surface area (Å²) >= 11 is 0. The minimum atomic E-state index is -3.64. The monoisotopic (exact) mass is 357 g/mol. The minimum Gasteiger partial charge on any atom is -0.497 e. The van der Waals surface area contributed by atoms with E-state index in [4.69, 9.17) is 9.47 Å². The molecule has 0 unspecified atom stereocenters. The van der Waals surface area contributed by atoms with Gasteiger partial charge in [-0.3, -0.25) is 0 Å². The normalized spacial score (nSPS) is 11.4. The van der Waals surface area contributed by atoms with Crippen LogP contribution in [0, 0.1) is 0 Å². The zero-order valence-electron chi connectivity index (χ0n) is 14.0. The van der Waals surface area contributed by atoms with Crippen molar-refractivity contribution in [2.45, 2.75) is 11.4 Å². The van der Waals surface area contributed by atoms with Gasteiger partial charge in [0.2, 0.25) is 10.0 Å². The van der Waals surface area contributed by atoms with Crippen molar-refractivity contribution in [2.24, 2.45) is 0 Å².